The van der Waals surface area contributed by atoms with Gasteiger partial charge < -0.3 is 0 Å². The van der Waals surface area contributed by atoms with E-state index in [0.29, 0.717) is 9.90 Å². The largest absolute Gasteiger partial charge is 0.287 e. The van der Waals surface area contributed by atoms with Crippen molar-refractivity contribution >= 4 is 44.5 Å². The van der Waals surface area contributed by atoms with Crippen molar-refractivity contribution in [2.24, 2.45) is 0 Å². The molecule has 0 aliphatic carbocycles. The molecule has 6 heteroatoms. The molecular weight excluding hydrogens is 310 g/mol. The van der Waals surface area contributed by atoms with Crippen molar-refractivity contribution in [1.82, 2.24) is 0 Å². The third-order valence-electron chi connectivity index (χ3n) is 3.05. The molecule has 1 aromatic heterocycles. The first-order valence-electron chi connectivity index (χ1n) is 6.03. The number of carbonyl (C=O) groups is 1. The van der Waals surface area contributed by atoms with Crippen LogP contribution in [0.15, 0.2) is 48.5 Å². The van der Waals surface area contributed by atoms with Crippen LogP contribution < -0.4 is 0 Å². The van der Waals surface area contributed by atoms with Crippen LogP contribution in [0.3, 0.4) is 0 Å². The molecule has 0 radical (unpaired) electrons. The second kappa shape index (κ2) is 5.27. The highest BCUT2D eigenvalue weighted by molar-refractivity contribution is 7.21. The number of rotatable bonds is 3. The Morgan fingerprint density at radius 1 is 1.14 bits per heavy atom. The minimum absolute atomic E-state index is 0.0130. The Morgan fingerprint density at radius 3 is 2.62 bits per heavy atom. The zero-order valence-electron chi connectivity index (χ0n) is 10.6. The van der Waals surface area contributed by atoms with Crippen LogP contribution in [0, 0.1) is 10.1 Å². The first-order valence-corrected chi connectivity index (χ1v) is 7.23. The minimum atomic E-state index is -0.573. The number of hydrogen-bond donors (Lipinski definition) is 0. The summed E-state index contributed by atoms with van der Waals surface area (Å²) in [5.74, 6) is -0.384. The average Bonchev–Trinajstić information content (AvgIpc) is 2.89. The summed E-state index contributed by atoms with van der Waals surface area (Å²) in [6.45, 7) is 0. The molecule has 21 heavy (non-hydrogen) atoms. The molecule has 2 aromatic carbocycles. The number of ketones is 1. The van der Waals surface area contributed by atoms with Crippen LogP contribution in [0.5, 0.6) is 0 Å². The average molecular weight is 318 g/mol. The van der Waals surface area contributed by atoms with E-state index in [-0.39, 0.29) is 17.0 Å². The number of benzene rings is 2. The Bertz CT molecular complexity index is 839. The van der Waals surface area contributed by atoms with Crippen molar-refractivity contribution in [3.63, 3.8) is 0 Å². The number of fused-ring (bicyclic) bond motifs is 1. The van der Waals surface area contributed by atoms with Crippen LogP contribution in [0.2, 0.25) is 5.02 Å². The Morgan fingerprint density at radius 2 is 1.90 bits per heavy atom. The van der Waals surface area contributed by atoms with Crippen molar-refractivity contribution in [1.29, 1.82) is 0 Å². The molecule has 0 unspecified atom stereocenters. The lowest BCUT2D eigenvalue weighted by atomic mass is 10.1. The van der Waals surface area contributed by atoms with Gasteiger partial charge in [-0.15, -0.1) is 11.3 Å². The van der Waals surface area contributed by atoms with Gasteiger partial charge in [-0.1, -0.05) is 29.8 Å². The monoisotopic (exact) mass is 317 g/mol. The van der Waals surface area contributed by atoms with Gasteiger partial charge in [-0.25, -0.2) is 0 Å². The lowest BCUT2D eigenvalue weighted by Crippen LogP contribution is -2.03. The summed E-state index contributed by atoms with van der Waals surface area (Å²) in [4.78, 5) is 23.5. The summed E-state index contributed by atoms with van der Waals surface area (Å²) < 4.78 is 0.963. The maximum Gasteiger partial charge on any atom is 0.280 e. The van der Waals surface area contributed by atoms with Crippen molar-refractivity contribution < 1.29 is 9.72 Å². The van der Waals surface area contributed by atoms with Crippen molar-refractivity contribution in [3.8, 4) is 0 Å². The van der Waals surface area contributed by atoms with Gasteiger partial charge in [-0.3, -0.25) is 14.9 Å². The number of nitro groups is 1. The molecule has 0 aliphatic heterocycles. The molecule has 0 bridgehead atoms. The smallest absolute Gasteiger partial charge is 0.280 e. The first-order chi connectivity index (χ1) is 10.1. The maximum absolute atomic E-state index is 12.5. The normalized spacial score (nSPS) is 10.7. The molecule has 0 fully saturated rings. The molecule has 4 nitrogen and oxygen atoms in total. The van der Waals surface area contributed by atoms with E-state index in [1.54, 1.807) is 6.07 Å². The number of nitrogens with zero attached hydrogens (tertiary/aromatic N) is 1. The van der Waals surface area contributed by atoms with Crippen LogP contribution >= 0.6 is 22.9 Å². The van der Waals surface area contributed by atoms with Gasteiger partial charge in [-0.05, 0) is 29.7 Å². The predicted molar refractivity (Wildman–Crippen MR) is 83.4 cm³/mol. The lowest BCUT2D eigenvalue weighted by molar-refractivity contribution is -0.385. The van der Waals surface area contributed by atoms with E-state index in [1.807, 2.05) is 24.3 Å². The van der Waals surface area contributed by atoms with E-state index >= 15 is 0 Å². The highest BCUT2D eigenvalue weighted by Gasteiger charge is 2.23. The molecule has 0 saturated heterocycles. The third-order valence-corrected chi connectivity index (χ3v) is 4.40. The zero-order chi connectivity index (χ0) is 15.0. The first kappa shape index (κ1) is 13.7. The standard InChI is InChI=1S/C15H8ClNO3S/c16-10-5-6-12(17(19)20)11(8-10)15(18)14-7-9-3-1-2-4-13(9)21-14/h1-8H. The molecule has 3 aromatic rings. The summed E-state index contributed by atoms with van der Waals surface area (Å²) in [6.07, 6.45) is 0. The number of hydrogen-bond acceptors (Lipinski definition) is 4. The molecule has 1 heterocycles. The predicted octanol–water partition coefficient (Wildman–Crippen LogP) is 4.69. The molecule has 0 aliphatic rings. The number of thiophene rings is 1. The fourth-order valence-electron chi connectivity index (χ4n) is 2.08. The highest BCUT2D eigenvalue weighted by Crippen LogP contribution is 2.31. The van der Waals surface area contributed by atoms with Crippen molar-refractivity contribution in [3.05, 3.63) is 74.1 Å². The molecule has 104 valence electrons. The van der Waals surface area contributed by atoms with Gasteiger partial charge >= 0.3 is 0 Å². The summed E-state index contributed by atoms with van der Waals surface area (Å²) in [5, 5.41) is 12.3. The maximum atomic E-state index is 12.5. The van der Waals surface area contributed by atoms with E-state index in [4.69, 9.17) is 11.6 Å². The van der Waals surface area contributed by atoms with Gasteiger partial charge in [0.25, 0.3) is 5.69 Å². The van der Waals surface area contributed by atoms with Crippen LogP contribution in [0.1, 0.15) is 15.2 Å². The molecule has 0 N–H and O–H groups in total. The van der Waals surface area contributed by atoms with Gasteiger partial charge in [0.15, 0.2) is 0 Å². The Kier molecular flexibility index (Phi) is 3.45. The third kappa shape index (κ3) is 2.53. The molecule has 0 saturated carbocycles. The fourth-order valence-corrected chi connectivity index (χ4v) is 3.26. The Hall–Kier alpha value is -2.24. The van der Waals surface area contributed by atoms with Crippen LogP contribution in [0.25, 0.3) is 10.1 Å². The molecular formula is C15H8ClNO3S. The number of carbonyl (C=O) groups excluding carboxylic acids is 1. The van der Waals surface area contributed by atoms with Gasteiger partial charge in [0.1, 0.15) is 5.56 Å². The van der Waals surface area contributed by atoms with E-state index < -0.39 is 4.92 Å². The molecule has 0 spiro atoms. The van der Waals surface area contributed by atoms with Crippen LogP contribution in [0.4, 0.5) is 5.69 Å². The van der Waals surface area contributed by atoms with Gasteiger partial charge in [0.2, 0.25) is 5.78 Å². The highest BCUT2D eigenvalue weighted by atomic mass is 35.5. The molecule has 0 atom stereocenters. The topological polar surface area (TPSA) is 60.2 Å². The van der Waals surface area contributed by atoms with Gasteiger partial charge in [-0.2, -0.15) is 0 Å². The van der Waals surface area contributed by atoms with E-state index in [2.05, 4.69) is 0 Å². The van der Waals surface area contributed by atoms with Crippen molar-refractivity contribution in [2.75, 3.05) is 0 Å². The quantitative estimate of drug-likeness (QED) is 0.400. The Balaban J connectivity index is 2.13. The van der Waals surface area contributed by atoms with Crippen LogP contribution in [-0.4, -0.2) is 10.7 Å². The Labute approximate surface area is 128 Å². The van der Waals surface area contributed by atoms with Gasteiger partial charge in [0, 0.05) is 15.8 Å². The summed E-state index contributed by atoms with van der Waals surface area (Å²) in [5.41, 5.74) is -0.221. The van der Waals surface area contributed by atoms with Crippen molar-refractivity contribution in [2.45, 2.75) is 0 Å². The summed E-state index contributed by atoms with van der Waals surface area (Å²) in [6, 6.07) is 13.3. The van der Waals surface area contributed by atoms with E-state index in [1.165, 1.54) is 29.5 Å². The van der Waals surface area contributed by atoms with Gasteiger partial charge in [0.05, 0.1) is 9.80 Å². The SMILES string of the molecule is O=C(c1cc2ccccc2s1)c1cc(Cl)ccc1[N+](=O)[O-]. The zero-order valence-corrected chi connectivity index (χ0v) is 12.1. The summed E-state index contributed by atoms with van der Waals surface area (Å²) in [7, 11) is 0. The minimum Gasteiger partial charge on any atom is -0.287 e. The second-order valence-corrected chi connectivity index (χ2v) is 5.92. The van der Waals surface area contributed by atoms with Crippen LogP contribution in [-0.2, 0) is 0 Å². The fraction of sp³-hybridized carbons (Fsp3) is 0. The van der Waals surface area contributed by atoms with E-state index in [0.717, 1.165) is 10.1 Å². The summed E-state index contributed by atoms with van der Waals surface area (Å²) >= 11 is 7.17. The lowest BCUT2D eigenvalue weighted by Gasteiger charge is -2.01. The molecule has 3 rings (SSSR count). The second-order valence-electron chi connectivity index (χ2n) is 4.40. The molecule has 0 amide bonds. The van der Waals surface area contributed by atoms with E-state index in [9.17, 15) is 14.9 Å². The number of halogens is 1. The number of nitro benzene ring substituents is 1.